The van der Waals surface area contributed by atoms with Gasteiger partial charge in [0.2, 0.25) is 0 Å². The summed E-state index contributed by atoms with van der Waals surface area (Å²) in [5, 5.41) is 0. The number of rotatable bonds is 3. The molecule has 2 heterocycles. The normalized spacial score (nSPS) is 33.5. The average molecular weight is 204 g/mol. The van der Waals surface area contributed by atoms with Crippen molar-refractivity contribution >= 4 is 0 Å². The Morgan fingerprint density at radius 2 is 1.73 bits per heavy atom. The van der Waals surface area contributed by atoms with Crippen molar-refractivity contribution in [2.24, 2.45) is 0 Å². The second-order valence-corrected chi connectivity index (χ2v) is 4.51. The van der Waals surface area contributed by atoms with Gasteiger partial charge in [0, 0.05) is 0 Å². The van der Waals surface area contributed by atoms with Crippen molar-refractivity contribution in [1.82, 2.24) is 0 Å². The van der Waals surface area contributed by atoms with Crippen LogP contribution in [0.2, 0.25) is 0 Å². The predicted octanol–water partition coefficient (Wildman–Crippen LogP) is 2.52. The van der Waals surface area contributed by atoms with Crippen LogP contribution in [-0.4, -0.2) is 18.3 Å². The highest BCUT2D eigenvalue weighted by Crippen LogP contribution is 2.36. The van der Waals surface area contributed by atoms with Crippen molar-refractivity contribution < 1.29 is 9.47 Å². The van der Waals surface area contributed by atoms with E-state index in [9.17, 15) is 0 Å². The summed E-state index contributed by atoms with van der Waals surface area (Å²) in [7, 11) is 0. The van der Waals surface area contributed by atoms with E-state index in [1.807, 2.05) is 6.07 Å². The van der Waals surface area contributed by atoms with Gasteiger partial charge in [0.25, 0.3) is 0 Å². The minimum Gasteiger partial charge on any atom is -0.375 e. The fourth-order valence-corrected chi connectivity index (χ4v) is 2.46. The molecule has 2 heteroatoms. The number of fused-ring (bicyclic) bond motifs is 2. The van der Waals surface area contributed by atoms with Crippen molar-refractivity contribution in [2.45, 2.75) is 44.2 Å². The van der Waals surface area contributed by atoms with Crippen molar-refractivity contribution in [3.8, 4) is 0 Å². The van der Waals surface area contributed by atoms with E-state index < -0.39 is 0 Å². The average Bonchev–Trinajstić information content (AvgIpc) is 2.27. The Balaban J connectivity index is 1.50. The predicted molar refractivity (Wildman–Crippen MR) is 57.5 cm³/mol. The van der Waals surface area contributed by atoms with E-state index >= 15 is 0 Å². The third kappa shape index (κ3) is 2.06. The van der Waals surface area contributed by atoms with E-state index in [0.717, 1.165) is 19.4 Å². The molecule has 0 radical (unpaired) electrons. The largest absolute Gasteiger partial charge is 0.375 e. The van der Waals surface area contributed by atoms with Gasteiger partial charge in [0.1, 0.15) is 0 Å². The molecule has 3 aliphatic rings. The molecule has 0 aromatic heterocycles. The lowest BCUT2D eigenvalue weighted by Gasteiger charge is -2.45. The summed E-state index contributed by atoms with van der Waals surface area (Å²) in [6, 6.07) is 10.4. The Bertz CT molecular complexity index is 307. The van der Waals surface area contributed by atoms with Gasteiger partial charge in [0.05, 0.1) is 24.9 Å². The van der Waals surface area contributed by atoms with Crippen LogP contribution in [0.1, 0.15) is 24.8 Å². The van der Waals surface area contributed by atoms with Gasteiger partial charge in [0.15, 0.2) is 0 Å². The van der Waals surface area contributed by atoms with Gasteiger partial charge in [-0.2, -0.15) is 0 Å². The fraction of sp³-hybridized carbons (Fsp3) is 0.538. The minimum atomic E-state index is 0.419. The van der Waals surface area contributed by atoms with Gasteiger partial charge < -0.3 is 9.47 Å². The SMILES string of the molecule is c1ccc(CO[C@@H]2CC3C[C@@H](C2)O3)cc1. The summed E-state index contributed by atoms with van der Waals surface area (Å²) in [6.07, 6.45) is 4.83. The first kappa shape index (κ1) is 9.37. The van der Waals surface area contributed by atoms with E-state index in [0.29, 0.717) is 18.3 Å². The van der Waals surface area contributed by atoms with Crippen LogP contribution in [0, 0.1) is 0 Å². The zero-order valence-corrected chi connectivity index (χ0v) is 8.76. The summed E-state index contributed by atoms with van der Waals surface area (Å²) in [6.45, 7) is 0.741. The topological polar surface area (TPSA) is 18.5 Å². The molecule has 0 amide bonds. The Morgan fingerprint density at radius 1 is 1.07 bits per heavy atom. The van der Waals surface area contributed by atoms with Crippen LogP contribution < -0.4 is 0 Å². The van der Waals surface area contributed by atoms with Crippen LogP contribution in [0.4, 0.5) is 0 Å². The number of benzene rings is 1. The van der Waals surface area contributed by atoms with Crippen LogP contribution in [0.15, 0.2) is 30.3 Å². The molecule has 2 saturated heterocycles. The Morgan fingerprint density at radius 3 is 2.40 bits per heavy atom. The van der Waals surface area contributed by atoms with Crippen molar-refractivity contribution in [1.29, 1.82) is 0 Å². The van der Waals surface area contributed by atoms with Crippen LogP contribution >= 0.6 is 0 Å². The molecule has 0 N–H and O–H groups in total. The molecule has 4 rings (SSSR count). The molecule has 1 aromatic rings. The van der Waals surface area contributed by atoms with E-state index in [1.54, 1.807) is 0 Å². The molecule has 2 aliphatic heterocycles. The van der Waals surface area contributed by atoms with Gasteiger partial charge in [-0.1, -0.05) is 30.3 Å². The summed E-state index contributed by atoms with van der Waals surface area (Å²) in [5.74, 6) is 0. The van der Waals surface area contributed by atoms with Crippen molar-refractivity contribution in [3.63, 3.8) is 0 Å². The van der Waals surface area contributed by atoms with Crippen LogP contribution in [-0.2, 0) is 16.1 Å². The molecular formula is C13H16O2. The molecule has 1 saturated carbocycles. The molecule has 1 aromatic carbocycles. The summed E-state index contributed by atoms with van der Waals surface area (Å²) < 4.78 is 11.5. The quantitative estimate of drug-likeness (QED) is 0.753. The van der Waals surface area contributed by atoms with Gasteiger partial charge in [-0.15, -0.1) is 0 Å². The minimum absolute atomic E-state index is 0.419. The molecule has 3 fully saturated rings. The maximum absolute atomic E-state index is 5.89. The molecule has 2 nitrogen and oxygen atoms in total. The lowest BCUT2D eigenvalue weighted by atomic mass is 9.87. The molecular weight excluding hydrogens is 188 g/mol. The number of ether oxygens (including phenoxy) is 2. The zero-order chi connectivity index (χ0) is 10.1. The standard InChI is InChI=1S/C13H16O2/c1-2-4-10(5-3-1)9-14-11-6-12-8-13(7-11)15-12/h1-5,11-13H,6-9H2/t11-,12+,13?/m0/s1. The molecule has 2 bridgehead atoms. The zero-order valence-electron chi connectivity index (χ0n) is 8.76. The second kappa shape index (κ2) is 3.95. The summed E-state index contributed by atoms with van der Waals surface area (Å²) in [5.41, 5.74) is 1.26. The third-order valence-electron chi connectivity index (χ3n) is 3.29. The van der Waals surface area contributed by atoms with E-state index in [4.69, 9.17) is 9.47 Å². The summed E-state index contributed by atoms with van der Waals surface area (Å²) in [4.78, 5) is 0. The third-order valence-corrected chi connectivity index (χ3v) is 3.29. The van der Waals surface area contributed by atoms with Crippen LogP contribution in [0.5, 0.6) is 0 Å². The smallest absolute Gasteiger partial charge is 0.0720 e. The van der Waals surface area contributed by atoms with Crippen LogP contribution in [0.25, 0.3) is 0 Å². The highest BCUT2D eigenvalue weighted by Gasteiger charge is 2.39. The molecule has 15 heavy (non-hydrogen) atoms. The maximum atomic E-state index is 5.89. The lowest BCUT2D eigenvalue weighted by Crippen LogP contribution is -2.48. The monoisotopic (exact) mass is 204 g/mol. The fourth-order valence-electron chi connectivity index (χ4n) is 2.46. The molecule has 3 atom stereocenters. The number of hydrogen-bond acceptors (Lipinski definition) is 2. The highest BCUT2D eigenvalue weighted by molar-refractivity contribution is 5.13. The van der Waals surface area contributed by atoms with Gasteiger partial charge >= 0.3 is 0 Å². The first-order valence-electron chi connectivity index (χ1n) is 5.71. The first-order chi connectivity index (χ1) is 7.40. The van der Waals surface area contributed by atoms with Gasteiger partial charge in [-0.05, 0) is 24.8 Å². The highest BCUT2D eigenvalue weighted by atomic mass is 16.5. The van der Waals surface area contributed by atoms with E-state index in [-0.39, 0.29) is 0 Å². The molecule has 0 spiro atoms. The Kier molecular flexibility index (Phi) is 2.47. The summed E-state index contributed by atoms with van der Waals surface area (Å²) >= 11 is 0. The Labute approximate surface area is 90.2 Å². The molecule has 1 aliphatic carbocycles. The first-order valence-corrected chi connectivity index (χ1v) is 5.71. The van der Waals surface area contributed by atoms with Gasteiger partial charge in [-0.3, -0.25) is 0 Å². The molecule has 80 valence electrons. The van der Waals surface area contributed by atoms with E-state index in [2.05, 4.69) is 24.3 Å². The number of hydrogen-bond donors (Lipinski definition) is 0. The second-order valence-electron chi connectivity index (χ2n) is 4.51. The van der Waals surface area contributed by atoms with Crippen LogP contribution in [0.3, 0.4) is 0 Å². The van der Waals surface area contributed by atoms with Crippen molar-refractivity contribution in [3.05, 3.63) is 35.9 Å². The lowest BCUT2D eigenvalue weighted by molar-refractivity contribution is -0.198. The van der Waals surface area contributed by atoms with Crippen molar-refractivity contribution in [2.75, 3.05) is 0 Å². The maximum Gasteiger partial charge on any atom is 0.0720 e. The molecule has 1 unspecified atom stereocenters. The van der Waals surface area contributed by atoms with Gasteiger partial charge in [-0.25, -0.2) is 0 Å². The van der Waals surface area contributed by atoms with E-state index in [1.165, 1.54) is 12.0 Å². The Hall–Kier alpha value is -0.860.